The minimum atomic E-state index is -3.45. The minimum absolute atomic E-state index is 0.00325. The van der Waals surface area contributed by atoms with Gasteiger partial charge in [0.25, 0.3) is 0 Å². The predicted molar refractivity (Wildman–Crippen MR) is 83.9 cm³/mol. The summed E-state index contributed by atoms with van der Waals surface area (Å²) in [7, 11) is -5.01. The highest BCUT2D eigenvalue weighted by Crippen LogP contribution is 2.18. The minimum Gasteiger partial charge on any atom is -0.316 e. The van der Waals surface area contributed by atoms with Crippen molar-refractivity contribution in [2.45, 2.75) is 36.1 Å². The van der Waals surface area contributed by atoms with E-state index in [-0.39, 0.29) is 27.5 Å². The second-order valence-electron chi connectivity index (χ2n) is 5.31. The Morgan fingerprint density at radius 3 is 1.90 bits per heavy atom. The maximum Gasteiger partial charge on any atom is 0.179 e. The van der Waals surface area contributed by atoms with Gasteiger partial charge in [0.2, 0.25) is 0 Å². The van der Waals surface area contributed by atoms with Crippen LogP contribution in [0, 0.1) is 5.92 Å². The van der Waals surface area contributed by atoms with Gasteiger partial charge in [-0.3, -0.25) is 0 Å². The van der Waals surface area contributed by atoms with Crippen LogP contribution in [0.1, 0.15) is 20.3 Å². The Hall–Kier alpha value is -0.920. The van der Waals surface area contributed by atoms with Crippen molar-refractivity contribution in [3.05, 3.63) is 24.3 Å². The molecular formula is C14H23NO4S2. The number of rotatable bonds is 7. The van der Waals surface area contributed by atoms with Crippen molar-refractivity contribution in [3.8, 4) is 0 Å². The molecule has 1 N–H and O–H groups in total. The Bertz CT molecular complexity index is 663. The fourth-order valence-electron chi connectivity index (χ4n) is 2.04. The molecule has 0 radical (unpaired) electrons. The summed E-state index contributed by atoms with van der Waals surface area (Å²) in [5.74, 6) is 0.233. The van der Waals surface area contributed by atoms with Gasteiger partial charge in [-0.05, 0) is 37.2 Å². The van der Waals surface area contributed by atoms with Gasteiger partial charge in [0.1, 0.15) is 0 Å². The molecule has 5 nitrogen and oxygen atoms in total. The second-order valence-corrected chi connectivity index (χ2v) is 9.36. The van der Waals surface area contributed by atoms with Crippen LogP contribution in [0.5, 0.6) is 0 Å². The Labute approximate surface area is 127 Å². The molecule has 0 amide bonds. The van der Waals surface area contributed by atoms with E-state index in [0.29, 0.717) is 0 Å². The van der Waals surface area contributed by atoms with Crippen molar-refractivity contribution in [1.82, 2.24) is 5.32 Å². The van der Waals surface area contributed by atoms with E-state index in [1.807, 2.05) is 13.8 Å². The molecule has 2 atom stereocenters. The van der Waals surface area contributed by atoms with Gasteiger partial charge in [-0.2, -0.15) is 0 Å². The van der Waals surface area contributed by atoms with Crippen LogP contribution in [0.15, 0.2) is 34.1 Å². The van der Waals surface area contributed by atoms with Crippen molar-refractivity contribution in [3.63, 3.8) is 0 Å². The van der Waals surface area contributed by atoms with Crippen LogP contribution >= 0.6 is 0 Å². The lowest BCUT2D eigenvalue weighted by molar-refractivity contribution is 0.414. The van der Waals surface area contributed by atoms with Gasteiger partial charge >= 0.3 is 0 Å². The third-order valence-corrected chi connectivity index (χ3v) is 6.63. The zero-order chi connectivity index (χ0) is 16.3. The fourth-order valence-corrected chi connectivity index (χ4v) is 4.39. The van der Waals surface area contributed by atoms with Crippen molar-refractivity contribution in [1.29, 1.82) is 0 Å². The number of hydrogen-bond acceptors (Lipinski definition) is 5. The van der Waals surface area contributed by atoms with Crippen LogP contribution in [0.4, 0.5) is 0 Å². The largest absolute Gasteiger partial charge is 0.316 e. The van der Waals surface area contributed by atoms with Gasteiger partial charge < -0.3 is 5.32 Å². The summed E-state index contributed by atoms with van der Waals surface area (Å²) in [6, 6.07) is 5.25. The Morgan fingerprint density at radius 2 is 1.52 bits per heavy atom. The van der Waals surface area contributed by atoms with Gasteiger partial charge in [0.05, 0.1) is 15.5 Å². The molecule has 1 aromatic carbocycles. The Kier molecular flexibility index (Phi) is 5.95. The summed E-state index contributed by atoms with van der Waals surface area (Å²) in [6.07, 6.45) is 1.98. The number of nitrogens with one attached hydrogen (secondary N) is 1. The van der Waals surface area contributed by atoms with Gasteiger partial charge in [-0.15, -0.1) is 0 Å². The van der Waals surface area contributed by atoms with Crippen LogP contribution in [0.2, 0.25) is 0 Å². The first-order valence-electron chi connectivity index (χ1n) is 6.82. The van der Waals surface area contributed by atoms with Crippen LogP contribution in [-0.2, 0) is 19.7 Å². The zero-order valence-electron chi connectivity index (χ0n) is 12.8. The average Bonchev–Trinajstić information content (AvgIpc) is 2.43. The molecule has 0 saturated heterocycles. The molecule has 0 fully saturated rings. The van der Waals surface area contributed by atoms with E-state index in [1.54, 1.807) is 7.05 Å². The van der Waals surface area contributed by atoms with Crippen LogP contribution < -0.4 is 5.32 Å². The van der Waals surface area contributed by atoms with E-state index in [1.165, 1.54) is 24.3 Å². The Morgan fingerprint density at radius 1 is 1.05 bits per heavy atom. The lowest BCUT2D eigenvalue weighted by Crippen LogP contribution is -2.38. The first-order chi connectivity index (χ1) is 9.61. The van der Waals surface area contributed by atoms with E-state index in [4.69, 9.17) is 0 Å². The molecule has 2 unspecified atom stereocenters. The predicted octanol–water partition coefficient (Wildman–Crippen LogP) is 1.50. The fraction of sp³-hybridized carbons (Fsp3) is 0.571. The molecule has 0 spiro atoms. The zero-order valence-corrected chi connectivity index (χ0v) is 14.5. The molecule has 1 rings (SSSR count). The second kappa shape index (κ2) is 6.89. The van der Waals surface area contributed by atoms with Gasteiger partial charge in [-0.25, -0.2) is 16.8 Å². The highest BCUT2D eigenvalue weighted by molar-refractivity contribution is 7.91. The molecule has 0 aromatic heterocycles. The lowest BCUT2D eigenvalue weighted by Gasteiger charge is -2.22. The third kappa shape index (κ3) is 4.79. The first-order valence-corrected chi connectivity index (χ1v) is 10.4. The highest BCUT2D eigenvalue weighted by Gasteiger charge is 2.24. The van der Waals surface area contributed by atoms with E-state index in [2.05, 4.69) is 5.32 Å². The molecule has 21 heavy (non-hydrogen) atoms. The van der Waals surface area contributed by atoms with Gasteiger partial charge in [0.15, 0.2) is 19.7 Å². The van der Waals surface area contributed by atoms with E-state index >= 15 is 0 Å². The summed E-state index contributed by atoms with van der Waals surface area (Å²) in [6.45, 7) is 4.02. The van der Waals surface area contributed by atoms with E-state index < -0.39 is 19.7 Å². The quantitative estimate of drug-likeness (QED) is 0.818. The van der Waals surface area contributed by atoms with Crippen LogP contribution in [0.3, 0.4) is 0 Å². The number of hydrogen-bond donors (Lipinski definition) is 1. The molecule has 0 heterocycles. The molecule has 7 heteroatoms. The smallest absolute Gasteiger partial charge is 0.179 e. The van der Waals surface area contributed by atoms with Gasteiger partial charge in [0, 0.05) is 12.3 Å². The topological polar surface area (TPSA) is 80.3 Å². The van der Waals surface area contributed by atoms with Gasteiger partial charge in [-0.1, -0.05) is 20.3 Å². The van der Waals surface area contributed by atoms with Crippen molar-refractivity contribution < 1.29 is 16.8 Å². The summed E-state index contributed by atoms with van der Waals surface area (Å²) < 4.78 is 47.6. The monoisotopic (exact) mass is 333 g/mol. The van der Waals surface area contributed by atoms with E-state index in [9.17, 15) is 16.8 Å². The van der Waals surface area contributed by atoms with Crippen LogP contribution in [0.25, 0.3) is 0 Å². The molecule has 0 aliphatic heterocycles. The molecular weight excluding hydrogens is 310 g/mol. The summed E-state index contributed by atoms with van der Waals surface area (Å²) in [5.41, 5.74) is 0. The van der Waals surface area contributed by atoms with Crippen molar-refractivity contribution in [2.24, 2.45) is 5.92 Å². The number of sulfone groups is 2. The standard InChI is InChI=1S/C14H23NO4S2/c1-5-11(2)14(15-3)10-21(18,19)13-8-6-12(7-9-13)20(4,16)17/h6-9,11,14-15H,5,10H2,1-4H3. The lowest BCUT2D eigenvalue weighted by atomic mass is 10.0. The maximum atomic E-state index is 12.4. The molecule has 0 saturated carbocycles. The molecule has 1 aromatic rings. The SMILES string of the molecule is CCC(C)C(CS(=O)(=O)c1ccc(S(C)(=O)=O)cc1)NC. The summed E-state index contributed by atoms with van der Waals surface area (Å²) >= 11 is 0. The average molecular weight is 333 g/mol. The maximum absolute atomic E-state index is 12.4. The summed E-state index contributed by atoms with van der Waals surface area (Å²) in [4.78, 5) is 0.270. The Balaban J connectivity index is 3.03. The molecule has 0 bridgehead atoms. The van der Waals surface area contributed by atoms with Crippen molar-refractivity contribution >= 4 is 19.7 Å². The third-order valence-electron chi connectivity index (χ3n) is 3.71. The molecule has 120 valence electrons. The first kappa shape index (κ1) is 18.1. The molecule has 0 aliphatic carbocycles. The number of benzene rings is 1. The normalized spacial score (nSPS) is 15.6. The van der Waals surface area contributed by atoms with Crippen LogP contribution in [-0.4, -0.2) is 41.9 Å². The van der Waals surface area contributed by atoms with Crippen molar-refractivity contribution in [2.75, 3.05) is 19.1 Å². The van der Waals surface area contributed by atoms with E-state index in [0.717, 1.165) is 12.7 Å². The highest BCUT2D eigenvalue weighted by atomic mass is 32.2. The summed E-state index contributed by atoms with van der Waals surface area (Å²) in [5, 5.41) is 3.04. The molecule has 0 aliphatic rings.